The van der Waals surface area contributed by atoms with E-state index in [1.165, 1.54) is 5.56 Å². The molecule has 0 fully saturated rings. The second kappa shape index (κ2) is 8.91. The van der Waals surface area contributed by atoms with Crippen molar-refractivity contribution in [2.24, 2.45) is 5.92 Å². The van der Waals surface area contributed by atoms with Crippen molar-refractivity contribution in [3.8, 4) is 5.75 Å². The van der Waals surface area contributed by atoms with E-state index in [2.05, 4.69) is 17.4 Å². The van der Waals surface area contributed by atoms with E-state index in [4.69, 9.17) is 4.74 Å². The van der Waals surface area contributed by atoms with Crippen molar-refractivity contribution in [3.05, 3.63) is 54.1 Å². The van der Waals surface area contributed by atoms with Crippen LogP contribution < -0.4 is 15.0 Å². The molecule has 1 heterocycles. The number of fused-ring (bicyclic) bond motifs is 1. The second-order valence-corrected chi connectivity index (χ2v) is 7.67. The van der Waals surface area contributed by atoms with Crippen LogP contribution in [0.25, 0.3) is 0 Å². The van der Waals surface area contributed by atoms with Crippen molar-refractivity contribution < 1.29 is 14.3 Å². The van der Waals surface area contributed by atoms with Crippen molar-refractivity contribution in [1.82, 2.24) is 0 Å². The molecule has 0 aromatic heterocycles. The number of carbonyl (C=O) groups is 2. The van der Waals surface area contributed by atoms with Crippen LogP contribution in [0.3, 0.4) is 0 Å². The summed E-state index contributed by atoms with van der Waals surface area (Å²) in [6.45, 7) is 6.40. The normalized spacial score (nSPS) is 15.9. The molecule has 28 heavy (non-hydrogen) atoms. The Morgan fingerprint density at radius 3 is 2.64 bits per heavy atom. The molecule has 2 aromatic carbocycles. The lowest BCUT2D eigenvalue weighted by Crippen LogP contribution is -2.45. The van der Waals surface area contributed by atoms with Gasteiger partial charge in [0.25, 0.3) is 5.91 Å². The third kappa shape index (κ3) is 4.91. The summed E-state index contributed by atoms with van der Waals surface area (Å²) in [5.74, 6) is 0.889. The molecule has 1 unspecified atom stereocenters. The smallest absolute Gasteiger partial charge is 0.267 e. The highest BCUT2D eigenvalue weighted by atomic mass is 16.5. The number of anilines is 2. The summed E-state index contributed by atoms with van der Waals surface area (Å²) >= 11 is 0. The van der Waals surface area contributed by atoms with Gasteiger partial charge in [0.2, 0.25) is 5.91 Å². The van der Waals surface area contributed by atoms with E-state index in [0.29, 0.717) is 24.4 Å². The lowest BCUT2D eigenvalue weighted by atomic mass is 10.1. The maximum Gasteiger partial charge on any atom is 0.267 e. The van der Waals surface area contributed by atoms with Gasteiger partial charge in [0.1, 0.15) is 5.75 Å². The molecule has 5 nitrogen and oxygen atoms in total. The van der Waals surface area contributed by atoms with Crippen LogP contribution in [0, 0.1) is 5.92 Å². The molecular weight excluding hydrogens is 352 g/mol. The van der Waals surface area contributed by atoms with Gasteiger partial charge in [-0.1, -0.05) is 44.2 Å². The van der Waals surface area contributed by atoms with Gasteiger partial charge in [-0.2, -0.15) is 0 Å². The number of ether oxygens (including phenoxy) is 1. The van der Waals surface area contributed by atoms with E-state index in [1.807, 2.05) is 50.2 Å². The number of rotatable bonds is 7. The van der Waals surface area contributed by atoms with Crippen molar-refractivity contribution >= 4 is 23.2 Å². The van der Waals surface area contributed by atoms with E-state index in [1.54, 1.807) is 11.8 Å². The Morgan fingerprint density at radius 2 is 1.93 bits per heavy atom. The Hall–Kier alpha value is -2.82. The number of benzene rings is 2. The van der Waals surface area contributed by atoms with Gasteiger partial charge in [-0.15, -0.1) is 0 Å². The number of carbonyl (C=O) groups excluding carboxylic acids is 2. The molecule has 0 spiro atoms. The number of nitrogens with one attached hydrogen (secondary N) is 1. The summed E-state index contributed by atoms with van der Waals surface area (Å²) in [5.41, 5.74) is 2.66. The van der Waals surface area contributed by atoms with Crippen LogP contribution in [0.15, 0.2) is 48.5 Å². The minimum atomic E-state index is -0.509. The average molecular weight is 380 g/mol. The van der Waals surface area contributed by atoms with Gasteiger partial charge in [0, 0.05) is 18.7 Å². The Bertz CT molecular complexity index is 833. The zero-order valence-electron chi connectivity index (χ0n) is 16.8. The van der Waals surface area contributed by atoms with Gasteiger partial charge in [0.05, 0.1) is 5.69 Å². The fourth-order valence-corrected chi connectivity index (χ4v) is 3.38. The summed E-state index contributed by atoms with van der Waals surface area (Å²) in [7, 11) is 0. The zero-order chi connectivity index (χ0) is 20.1. The Kier molecular flexibility index (Phi) is 6.34. The van der Waals surface area contributed by atoms with Gasteiger partial charge in [0.15, 0.2) is 6.10 Å². The molecule has 0 saturated carbocycles. The highest BCUT2D eigenvalue weighted by Gasteiger charge is 2.31. The quantitative estimate of drug-likeness (QED) is 0.774. The van der Waals surface area contributed by atoms with Crippen LogP contribution in [0.4, 0.5) is 11.4 Å². The summed E-state index contributed by atoms with van der Waals surface area (Å²) in [5, 5.41) is 2.92. The number of amides is 2. The minimum absolute atomic E-state index is 0.0259. The Morgan fingerprint density at radius 1 is 1.18 bits per heavy atom. The fraction of sp³-hybridized carbons (Fsp3) is 0.391. The molecule has 0 saturated heterocycles. The van der Waals surface area contributed by atoms with Crippen LogP contribution in [0.2, 0.25) is 0 Å². The molecule has 0 radical (unpaired) electrons. The van der Waals surface area contributed by atoms with Crippen LogP contribution in [0.5, 0.6) is 5.75 Å². The molecule has 0 bridgehead atoms. The molecule has 148 valence electrons. The second-order valence-electron chi connectivity index (χ2n) is 7.67. The topological polar surface area (TPSA) is 58.6 Å². The third-order valence-electron chi connectivity index (χ3n) is 4.73. The lowest BCUT2D eigenvalue weighted by Gasteiger charge is -2.33. The van der Waals surface area contributed by atoms with Gasteiger partial charge in [-0.05, 0) is 49.4 Å². The molecule has 1 aliphatic rings. The molecule has 3 rings (SSSR count). The maximum atomic E-state index is 12.7. The van der Waals surface area contributed by atoms with Crippen LogP contribution >= 0.6 is 0 Å². The van der Waals surface area contributed by atoms with Crippen LogP contribution in [-0.2, 0) is 16.0 Å². The summed E-state index contributed by atoms with van der Waals surface area (Å²) in [6.07, 6.45) is 1.71. The number of hydrogen-bond donors (Lipinski definition) is 1. The minimum Gasteiger partial charge on any atom is -0.479 e. The SMILES string of the molecule is CC(C)CC(=O)Nc1ccc2c(c1)N(CCCc1ccccc1)C(=O)C(C)O2. The largest absolute Gasteiger partial charge is 0.479 e. The third-order valence-corrected chi connectivity index (χ3v) is 4.73. The first-order valence-electron chi connectivity index (χ1n) is 9.90. The van der Waals surface area contributed by atoms with E-state index in [9.17, 15) is 9.59 Å². The summed E-state index contributed by atoms with van der Waals surface area (Å²) in [4.78, 5) is 26.6. The van der Waals surface area contributed by atoms with Crippen LogP contribution in [0.1, 0.15) is 39.2 Å². The van der Waals surface area contributed by atoms with E-state index < -0.39 is 6.10 Å². The Labute approximate surface area is 166 Å². The predicted octanol–water partition coefficient (Wildman–Crippen LogP) is 4.42. The van der Waals surface area contributed by atoms with E-state index in [0.717, 1.165) is 18.5 Å². The molecule has 2 amide bonds. The zero-order valence-corrected chi connectivity index (χ0v) is 16.8. The molecule has 1 N–H and O–H groups in total. The summed E-state index contributed by atoms with van der Waals surface area (Å²) < 4.78 is 5.76. The highest BCUT2D eigenvalue weighted by Crippen LogP contribution is 2.36. The van der Waals surface area contributed by atoms with Gasteiger partial charge >= 0.3 is 0 Å². The average Bonchev–Trinajstić information content (AvgIpc) is 2.65. The molecule has 5 heteroatoms. The van der Waals surface area contributed by atoms with Crippen molar-refractivity contribution in [2.75, 3.05) is 16.8 Å². The first-order chi connectivity index (χ1) is 13.4. The lowest BCUT2D eigenvalue weighted by molar-refractivity contribution is -0.125. The maximum absolute atomic E-state index is 12.7. The molecule has 2 aromatic rings. The van der Waals surface area contributed by atoms with Crippen molar-refractivity contribution in [2.45, 2.75) is 46.1 Å². The van der Waals surface area contributed by atoms with Gasteiger partial charge in [-0.25, -0.2) is 0 Å². The monoisotopic (exact) mass is 380 g/mol. The molecular formula is C23H28N2O3. The Balaban J connectivity index is 1.74. The van der Waals surface area contributed by atoms with Crippen LogP contribution in [-0.4, -0.2) is 24.5 Å². The predicted molar refractivity (Wildman–Crippen MR) is 112 cm³/mol. The first-order valence-corrected chi connectivity index (χ1v) is 9.90. The number of aryl methyl sites for hydroxylation is 1. The molecule has 1 atom stereocenters. The number of hydrogen-bond acceptors (Lipinski definition) is 3. The molecule has 1 aliphatic heterocycles. The molecule has 0 aliphatic carbocycles. The van der Waals surface area contributed by atoms with Crippen molar-refractivity contribution in [1.29, 1.82) is 0 Å². The number of nitrogens with zero attached hydrogens (tertiary/aromatic N) is 1. The summed E-state index contributed by atoms with van der Waals surface area (Å²) in [6, 6.07) is 15.7. The van der Waals surface area contributed by atoms with Gasteiger partial charge < -0.3 is 15.0 Å². The standard InChI is InChI=1S/C23H28N2O3/c1-16(2)14-22(26)24-19-11-12-21-20(15-19)25(23(27)17(3)28-21)13-7-10-18-8-5-4-6-9-18/h4-6,8-9,11-12,15-17H,7,10,13-14H2,1-3H3,(H,24,26). The van der Waals surface area contributed by atoms with Crippen molar-refractivity contribution in [3.63, 3.8) is 0 Å². The first kappa shape index (κ1) is 19.9. The highest BCUT2D eigenvalue weighted by molar-refractivity contribution is 6.01. The fourth-order valence-electron chi connectivity index (χ4n) is 3.38. The van der Waals surface area contributed by atoms with E-state index >= 15 is 0 Å². The van der Waals surface area contributed by atoms with Gasteiger partial charge in [-0.3, -0.25) is 9.59 Å². The van der Waals surface area contributed by atoms with E-state index in [-0.39, 0.29) is 17.7 Å².